The van der Waals surface area contributed by atoms with Crippen LogP contribution in [0.15, 0.2) is 72.8 Å². The number of hydrogen-bond acceptors (Lipinski definition) is 4. The molecule has 9 heteroatoms. The Morgan fingerprint density at radius 3 is 2.26 bits per heavy atom. The molecule has 42 heavy (non-hydrogen) atoms. The summed E-state index contributed by atoms with van der Waals surface area (Å²) in [5.41, 5.74) is 2.49. The molecule has 0 atom stereocenters. The summed E-state index contributed by atoms with van der Waals surface area (Å²) in [5, 5.41) is 5.94. The number of urea groups is 1. The summed E-state index contributed by atoms with van der Waals surface area (Å²) in [7, 11) is 1.75. The van der Waals surface area contributed by atoms with Crippen molar-refractivity contribution >= 4 is 29.2 Å². The Kier molecular flexibility index (Phi) is 9.36. The fourth-order valence-corrected chi connectivity index (χ4v) is 5.70. The third-order valence-corrected chi connectivity index (χ3v) is 8.05. The number of hydrogen-bond donors (Lipinski definition) is 2. The quantitative estimate of drug-likeness (QED) is 0.392. The number of carbonyl (C=O) groups excluding carboxylic acids is 3. The zero-order valence-corrected chi connectivity index (χ0v) is 24.0. The average molecular weight is 572 g/mol. The van der Waals surface area contributed by atoms with Crippen LogP contribution < -0.4 is 15.5 Å². The van der Waals surface area contributed by atoms with Crippen LogP contribution in [-0.4, -0.2) is 66.9 Å². The van der Waals surface area contributed by atoms with Crippen LogP contribution in [0.1, 0.15) is 58.4 Å². The van der Waals surface area contributed by atoms with Gasteiger partial charge in [0.15, 0.2) is 0 Å². The molecule has 0 spiro atoms. The van der Waals surface area contributed by atoms with Gasteiger partial charge in [-0.1, -0.05) is 61.7 Å². The van der Waals surface area contributed by atoms with Gasteiger partial charge in [0.2, 0.25) is 0 Å². The molecule has 1 heterocycles. The Morgan fingerprint density at radius 1 is 0.857 bits per heavy atom. The maximum Gasteiger partial charge on any atom is 0.317 e. The van der Waals surface area contributed by atoms with Crippen molar-refractivity contribution in [3.63, 3.8) is 0 Å². The van der Waals surface area contributed by atoms with E-state index in [1.165, 1.54) is 24.6 Å². The van der Waals surface area contributed by atoms with Crippen molar-refractivity contribution in [2.45, 2.75) is 44.7 Å². The number of nitrogens with zero attached hydrogens (tertiary/aromatic N) is 3. The van der Waals surface area contributed by atoms with Crippen molar-refractivity contribution in [2.24, 2.45) is 0 Å². The van der Waals surface area contributed by atoms with Gasteiger partial charge in [-0.15, -0.1) is 0 Å². The van der Waals surface area contributed by atoms with Crippen LogP contribution >= 0.6 is 0 Å². The zero-order valence-electron chi connectivity index (χ0n) is 24.0. The first-order valence-electron chi connectivity index (χ1n) is 14.7. The monoisotopic (exact) mass is 571 g/mol. The number of anilines is 2. The number of amides is 4. The van der Waals surface area contributed by atoms with Crippen LogP contribution in [0.3, 0.4) is 0 Å². The summed E-state index contributed by atoms with van der Waals surface area (Å²) in [5.74, 6) is -1.40. The van der Waals surface area contributed by atoms with Crippen LogP contribution in [0.2, 0.25) is 0 Å². The predicted octanol–water partition coefficient (Wildman–Crippen LogP) is 5.51. The van der Waals surface area contributed by atoms with Gasteiger partial charge in [-0.2, -0.15) is 0 Å². The van der Waals surface area contributed by atoms with E-state index in [-0.39, 0.29) is 23.5 Å². The molecule has 1 saturated heterocycles. The Hall–Kier alpha value is -4.40. The number of nitrogens with one attached hydrogen (secondary N) is 2. The molecule has 0 unspecified atom stereocenters. The lowest BCUT2D eigenvalue weighted by Crippen LogP contribution is -2.54. The molecular formula is C33H38FN5O3. The van der Waals surface area contributed by atoms with Crippen molar-refractivity contribution in [3.8, 4) is 0 Å². The van der Waals surface area contributed by atoms with Gasteiger partial charge in [0.25, 0.3) is 11.8 Å². The van der Waals surface area contributed by atoms with Gasteiger partial charge in [0.05, 0.1) is 11.1 Å². The average Bonchev–Trinajstić information content (AvgIpc) is 3.02. The molecule has 2 N–H and O–H groups in total. The van der Waals surface area contributed by atoms with Crippen LogP contribution in [0.5, 0.6) is 0 Å². The highest BCUT2D eigenvalue weighted by molar-refractivity contribution is 6.06. The van der Waals surface area contributed by atoms with E-state index in [4.69, 9.17) is 0 Å². The lowest BCUT2D eigenvalue weighted by molar-refractivity contribution is 0.0785. The first-order valence-corrected chi connectivity index (χ1v) is 14.7. The second-order valence-corrected chi connectivity index (χ2v) is 11.1. The number of halogens is 1. The van der Waals surface area contributed by atoms with E-state index >= 15 is 0 Å². The molecule has 3 aromatic rings. The van der Waals surface area contributed by atoms with E-state index < -0.39 is 11.7 Å². The van der Waals surface area contributed by atoms with Crippen molar-refractivity contribution < 1.29 is 18.8 Å². The van der Waals surface area contributed by atoms with Gasteiger partial charge >= 0.3 is 6.03 Å². The first-order chi connectivity index (χ1) is 20.4. The summed E-state index contributed by atoms with van der Waals surface area (Å²) >= 11 is 0. The van der Waals surface area contributed by atoms with Crippen molar-refractivity contribution in [1.82, 2.24) is 15.1 Å². The smallest absolute Gasteiger partial charge is 0.317 e. The molecule has 220 valence electrons. The van der Waals surface area contributed by atoms with Crippen LogP contribution in [-0.2, 0) is 6.54 Å². The van der Waals surface area contributed by atoms with Crippen LogP contribution in [0.4, 0.5) is 20.6 Å². The summed E-state index contributed by atoms with van der Waals surface area (Å²) in [6.45, 7) is 2.64. The lowest BCUT2D eigenvalue weighted by Gasteiger charge is -2.38. The second-order valence-electron chi connectivity index (χ2n) is 11.1. The van der Waals surface area contributed by atoms with E-state index in [1.807, 2.05) is 41.3 Å². The number of benzene rings is 3. The predicted molar refractivity (Wildman–Crippen MR) is 162 cm³/mol. The number of rotatable bonds is 7. The Bertz CT molecular complexity index is 1400. The molecule has 1 aliphatic carbocycles. The van der Waals surface area contributed by atoms with Crippen molar-refractivity contribution in [1.29, 1.82) is 0 Å². The molecule has 4 amide bonds. The Balaban J connectivity index is 1.33. The summed E-state index contributed by atoms with van der Waals surface area (Å²) < 4.78 is 14.2. The maximum atomic E-state index is 14.2. The van der Waals surface area contributed by atoms with Crippen LogP contribution in [0.25, 0.3) is 0 Å². The highest BCUT2D eigenvalue weighted by Gasteiger charge is 2.27. The van der Waals surface area contributed by atoms with Crippen molar-refractivity contribution in [3.05, 3.63) is 95.3 Å². The van der Waals surface area contributed by atoms with Crippen LogP contribution in [0, 0.1) is 5.82 Å². The molecule has 0 radical (unpaired) electrons. The SMILES string of the molecule is CN(Cc1ccccc1)C(=O)c1cc(NC(=O)c2ccccc2F)ccc1N1CCN(C(=O)NC2CCCCC2)CC1. The number of carbonyl (C=O) groups is 3. The topological polar surface area (TPSA) is 85.0 Å². The van der Waals surface area contributed by atoms with Gasteiger partial charge in [0.1, 0.15) is 5.82 Å². The lowest BCUT2D eigenvalue weighted by atomic mass is 9.96. The molecule has 2 fully saturated rings. The van der Waals surface area contributed by atoms with Gasteiger partial charge in [-0.3, -0.25) is 9.59 Å². The third kappa shape index (κ3) is 7.08. The molecule has 1 saturated carbocycles. The minimum atomic E-state index is -0.615. The van der Waals surface area contributed by atoms with Gasteiger partial charge < -0.3 is 25.3 Å². The fourth-order valence-electron chi connectivity index (χ4n) is 5.70. The molecule has 5 rings (SSSR count). The Morgan fingerprint density at radius 2 is 1.55 bits per heavy atom. The van der Waals surface area contributed by atoms with E-state index in [9.17, 15) is 18.8 Å². The highest BCUT2D eigenvalue weighted by Crippen LogP contribution is 2.28. The van der Waals surface area contributed by atoms with E-state index in [2.05, 4.69) is 15.5 Å². The summed E-state index contributed by atoms with van der Waals surface area (Å²) in [4.78, 5) is 45.1. The van der Waals surface area contributed by atoms with Gasteiger partial charge in [-0.05, 0) is 48.7 Å². The molecule has 2 aliphatic rings. The molecule has 0 bridgehead atoms. The number of piperazine rings is 1. The molecule has 0 aromatic heterocycles. The molecule has 8 nitrogen and oxygen atoms in total. The van der Waals surface area contributed by atoms with Crippen molar-refractivity contribution in [2.75, 3.05) is 43.4 Å². The van der Waals surface area contributed by atoms with Gasteiger partial charge in [0, 0.05) is 57.2 Å². The standard InChI is InChI=1S/C33H38FN5O3/c1-37(23-24-10-4-2-5-11-24)32(41)28-22-26(35-31(40)27-14-8-9-15-29(27)34)16-17-30(28)38-18-20-39(21-19-38)33(42)36-25-12-6-3-7-13-25/h2,4-5,8-11,14-17,22,25H,3,6-7,12-13,18-21,23H2,1H3,(H,35,40)(H,36,42). The minimum absolute atomic E-state index is 0.0216. The van der Waals surface area contributed by atoms with E-state index in [0.717, 1.165) is 36.9 Å². The molecule has 1 aliphatic heterocycles. The summed E-state index contributed by atoms with van der Waals surface area (Å²) in [6.07, 6.45) is 5.62. The minimum Gasteiger partial charge on any atom is -0.367 e. The zero-order chi connectivity index (χ0) is 29.5. The second kappa shape index (κ2) is 13.5. The van der Waals surface area contributed by atoms with E-state index in [1.54, 1.807) is 30.1 Å². The maximum absolute atomic E-state index is 14.2. The fraction of sp³-hybridized carbons (Fsp3) is 0.364. The first kappa shape index (κ1) is 29.1. The van der Waals surface area contributed by atoms with Gasteiger partial charge in [-0.25, -0.2) is 9.18 Å². The largest absolute Gasteiger partial charge is 0.367 e. The summed E-state index contributed by atoms with van der Waals surface area (Å²) in [6, 6.07) is 20.9. The Labute approximate surface area is 246 Å². The highest BCUT2D eigenvalue weighted by atomic mass is 19.1. The van der Waals surface area contributed by atoms with E-state index in [0.29, 0.717) is 44.0 Å². The molecular weight excluding hydrogens is 533 g/mol. The normalized spacial score (nSPS) is 15.7. The molecule has 3 aromatic carbocycles. The third-order valence-electron chi connectivity index (χ3n) is 8.05.